The number of halogens is 3. The molecule has 1 heterocycles. The number of hydrogen-bond acceptors (Lipinski definition) is 4. The molecule has 4 nitrogen and oxygen atoms in total. The molecule has 2 aromatic rings. The van der Waals surface area contributed by atoms with Crippen LogP contribution in [0.5, 0.6) is 0 Å². The molecule has 0 fully saturated rings. The van der Waals surface area contributed by atoms with E-state index in [1.165, 1.54) is 6.07 Å². The zero-order valence-electron chi connectivity index (χ0n) is 11.8. The fourth-order valence-corrected chi connectivity index (χ4v) is 2.06. The summed E-state index contributed by atoms with van der Waals surface area (Å²) in [6.07, 6.45) is -4.53. The normalized spacial score (nSPS) is 12.0. The minimum absolute atomic E-state index is 0.106. The van der Waals surface area contributed by atoms with Gasteiger partial charge in [-0.3, -0.25) is 0 Å². The molecule has 0 radical (unpaired) electrons. The average molecular weight is 316 g/mol. The lowest BCUT2D eigenvalue weighted by molar-refractivity contribution is -0.138. The molecule has 0 saturated heterocycles. The second-order valence-electron chi connectivity index (χ2n) is 4.67. The summed E-state index contributed by atoms with van der Waals surface area (Å²) in [6.45, 7) is 0. The number of nitrogens with one attached hydrogen (secondary N) is 1. The van der Waals surface area contributed by atoms with Gasteiger partial charge in [0.1, 0.15) is 11.9 Å². The highest BCUT2D eigenvalue weighted by atomic mass is 19.4. The second kappa shape index (κ2) is 6.80. The van der Waals surface area contributed by atoms with Crippen LogP contribution in [0.25, 0.3) is 0 Å². The molecule has 1 aromatic carbocycles. The summed E-state index contributed by atoms with van der Waals surface area (Å²) in [4.78, 5) is 3.70. The van der Waals surface area contributed by atoms with Gasteiger partial charge in [-0.05, 0) is 17.7 Å². The van der Waals surface area contributed by atoms with Gasteiger partial charge in [0.2, 0.25) is 0 Å². The third-order valence-electron chi connectivity index (χ3n) is 3.13. The SMILES string of the molecule is N#CCC(Nc1ccc(C(F)(F)F)c(C#N)n1)c1ccccc1. The number of rotatable bonds is 4. The van der Waals surface area contributed by atoms with E-state index in [1.54, 1.807) is 24.3 Å². The maximum atomic E-state index is 12.8. The smallest absolute Gasteiger partial charge is 0.362 e. The Morgan fingerprint density at radius 2 is 1.78 bits per heavy atom. The van der Waals surface area contributed by atoms with Crippen LogP contribution in [0.1, 0.15) is 29.3 Å². The van der Waals surface area contributed by atoms with Crippen molar-refractivity contribution in [2.45, 2.75) is 18.6 Å². The molecule has 0 spiro atoms. The summed E-state index contributed by atoms with van der Waals surface area (Å²) in [5.41, 5.74) is -0.984. The van der Waals surface area contributed by atoms with Crippen LogP contribution in [-0.4, -0.2) is 4.98 Å². The van der Waals surface area contributed by atoms with Gasteiger partial charge in [-0.2, -0.15) is 23.7 Å². The van der Waals surface area contributed by atoms with Gasteiger partial charge in [0.25, 0.3) is 0 Å². The predicted molar refractivity (Wildman–Crippen MR) is 77.0 cm³/mol. The molecule has 0 aliphatic rings. The Hall–Kier alpha value is -3.06. The average Bonchev–Trinajstić information content (AvgIpc) is 2.54. The molecule has 0 aliphatic carbocycles. The summed E-state index contributed by atoms with van der Waals surface area (Å²) < 4.78 is 38.3. The highest BCUT2D eigenvalue weighted by Crippen LogP contribution is 2.32. The second-order valence-corrected chi connectivity index (χ2v) is 4.67. The summed E-state index contributed by atoms with van der Waals surface area (Å²) in [5, 5.41) is 20.7. The van der Waals surface area contributed by atoms with Crippen molar-refractivity contribution in [3.8, 4) is 12.1 Å². The molecular formula is C16H11F3N4. The first-order valence-electron chi connectivity index (χ1n) is 6.62. The predicted octanol–water partition coefficient (Wildman–Crippen LogP) is 4.04. The van der Waals surface area contributed by atoms with Gasteiger partial charge in [0.15, 0.2) is 5.69 Å². The number of anilines is 1. The largest absolute Gasteiger partial charge is 0.419 e. The number of alkyl halides is 3. The number of pyridine rings is 1. The molecule has 1 aromatic heterocycles. The molecule has 0 bridgehead atoms. The van der Waals surface area contributed by atoms with Gasteiger partial charge in [-0.15, -0.1) is 0 Å². The minimum Gasteiger partial charge on any atom is -0.362 e. The van der Waals surface area contributed by atoms with Crippen LogP contribution < -0.4 is 5.32 Å². The Balaban J connectivity index is 2.32. The van der Waals surface area contributed by atoms with E-state index >= 15 is 0 Å². The number of hydrogen-bond donors (Lipinski definition) is 1. The van der Waals surface area contributed by atoms with E-state index in [1.807, 2.05) is 12.1 Å². The van der Waals surface area contributed by atoms with E-state index in [4.69, 9.17) is 10.5 Å². The maximum Gasteiger partial charge on any atom is 0.419 e. The molecule has 1 N–H and O–H groups in total. The number of benzene rings is 1. The van der Waals surface area contributed by atoms with Gasteiger partial charge < -0.3 is 5.32 Å². The highest BCUT2D eigenvalue weighted by molar-refractivity contribution is 5.46. The van der Waals surface area contributed by atoms with Crippen molar-refractivity contribution in [1.29, 1.82) is 10.5 Å². The van der Waals surface area contributed by atoms with E-state index in [2.05, 4.69) is 10.3 Å². The van der Waals surface area contributed by atoms with Crippen LogP contribution in [0.3, 0.4) is 0 Å². The number of nitriles is 2. The summed E-state index contributed by atoms with van der Waals surface area (Å²) >= 11 is 0. The van der Waals surface area contributed by atoms with E-state index < -0.39 is 23.5 Å². The highest BCUT2D eigenvalue weighted by Gasteiger charge is 2.34. The fraction of sp³-hybridized carbons (Fsp3) is 0.188. The maximum absolute atomic E-state index is 12.8. The first-order valence-corrected chi connectivity index (χ1v) is 6.62. The van der Waals surface area contributed by atoms with Crippen LogP contribution in [-0.2, 0) is 6.18 Å². The van der Waals surface area contributed by atoms with Crippen molar-refractivity contribution in [1.82, 2.24) is 4.98 Å². The Bertz CT molecular complexity index is 758. The summed E-state index contributed by atoms with van der Waals surface area (Å²) in [5.74, 6) is 0.110. The van der Waals surface area contributed by atoms with Crippen LogP contribution in [0.4, 0.5) is 19.0 Å². The van der Waals surface area contributed by atoms with E-state index in [-0.39, 0.29) is 12.2 Å². The minimum atomic E-state index is -4.64. The molecule has 23 heavy (non-hydrogen) atoms. The van der Waals surface area contributed by atoms with Gasteiger partial charge in [0.05, 0.1) is 24.1 Å². The van der Waals surface area contributed by atoms with Gasteiger partial charge in [-0.1, -0.05) is 30.3 Å². The molecule has 1 atom stereocenters. The van der Waals surface area contributed by atoms with Gasteiger partial charge >= 0.3 is 6.18 Å². The fourth-order valence-electron chi connectivity index (χ4n) is 2.06. The topological polar surface area (TPSA) is 72.5 Å². The van der Waals surface area contributed by atoms with Crippen LogP contribution >= 0.6 is 0 Å². The molecule has 0 amide bonds. The van der Waals surface area contributed by atoms with Crippen molar-refractivity contribution in [3.63, 3.8) is 0 Å². The van der Waals surface area contributed by atoms with E-state index in [0.29, 0.717) is 0 Å². The van der Waals surface area contributed by atoms with Crippen LogP contribution in [0.15, 0.2) is 42.5 Å². The lowest BCUT2D eigenvalue weighted by Gasteiger charge is -2.18. The number of aromatic nitrogens is 1. The monoisotopic (exact) mass is 316 g/mol. The Kier molecular flexibility index (Phi) is 4.82. The zero-order valence-corrected chi connectivity index (χ0v) is 11.8. The molecule has 1 unspecified atom stereocenters. The lowest BCUT2D eigenvalue weighted by Crippen LogP contribution is -2.14. The molecule has 2 rings (SSSR count). The van der Waals surface area contributed by atoms with Gasteiger partial charge in [-0.25, -0.2) is 4.98 Å². The van der Waals surface area contributed by atoms with E-state index in [0.717, 1.165) is 17.7 Å². The Labute approximate surface area is 130 Å². The summed E-state index contributed by atoms with van der Waals surface area (Å²) in [7, 11) is 0. The third kappa shape index (κ3) is 3.98. The Morgan fingerprint density at radius 3 is 2.35 bits per heavy atom. The zero-order chi connectivity index (χ0) is 16.9. The Morgan fingerprint density at radius 1 is 1.09 bits per heavy atom. The van der Waals surface area contributed by atoms with Crippen LogP contribution in [0, 0.1) is 22.7 Å². The van der Waals surface area contributed by atoms with Gasteiger partial charge in [0, 0.05) is 0 Å². The van der Waals surface area contributed by atoms with E-state index in [9.17, 15) is 13.2 Å². The quantitative estimate of drug-likeness (QED) is 0.924. The van der Waals surface area contributed by atoms with Crippen molar-refractivity contribution in [2.75, 3.05) is 5.32 Å². The number of nitrogens with zero attached hydrogens (tertiary/aromatic N) is 3. The first-order chi connectivity index (χ1) is 11.0. The van der Waals surface area contributed by atoms with Crippen molar-refractivity contribution >= 4 is 5.82 Å². The van der Waals surface area contributed by atoms with Crippen molar-refractivity contribution in [2.24, 2.45) is 0 Å². The molecule has 0 saturated carbocycles. The molecular weight excluding hydrogens is 305 g/mol. The first kappa shape index (κ1) is 16.3. The van der Waals surface area contributed by atoms with Crippen molar-refractivity contribution < 1.29 is 13.2 Å². The molecule has 116 valence electrons. The molecule has 7 heteroatoms. The molecule has 0 aliphatic heterocycles. The summed E-state index contributed by atoms with van der Waals surface area (Å²) in [6, 6.07) is 14.0. The van der Waals surface area contributed by atoms with Crippen molar-refractivity contribution in [3.05, 3.63) is 59.3 Å². The third-order valence-corrected chi connectivity index (χ3v) is 3.13. The van der Waals surface area contributed by atoms with Crippen LogP contribution in [0.2, 0.25) is 0 Å². The standard InChI is InChI=1S/C16H11F3N4/c17-16(18,19)12-6-7-15(23-14(12)10-21)22-13(8-9-20)11-4-2-1-3-5-11/h1-7,13H,8H2,(H,22,23). The lowest BCUT2D eigenvalue weighted by atomic mass is 10.0.